The van der Waals surface area contributed by atoms with Gasteiger partial charge in [0.25, 0.3) is 5.91 Å². The highest BCUT2D eigenvalue weighted by atomic mass is 16.5. The molecule has 6 nitrogen and oxygen atoms in total. The highest BCUT2D eigenvalue weighted by Gasteiger charge is 2.21. The Hall–Kier alpha value is -2.11. The number of hydrogen-bond acceptors (Lipinski definition) is 4. The van der Waals surface area contributed by atoms with Gasteiger partial charge < -0.3 is 10.1 Å². The molecule has 1 aliphatic rings. The van der Waals surface area contributed by atoms with Crippen molar-refractivity contribution in [1.82, 2.24) is 15.1 Å². The molecule has 0 aliphatic heterocycles. The van der Waals surface area contributed by atoms with Crippen LogP contribution in [-0.4, -0.2) is 33.8 Å². The second kappa shape index (κ2) is 8.83. The smallest absolute Gasteiger partial charge is 0.331 e. The Morgan fingerprint density at radius 1 is 1.24 bits per heavy atom. The van der Waals surface area contributed by atoms with Crippen LogP contribution >= 0.6 is 0 Å². The molecule has 1 heterocycles. The number of ether oxygens (including phenoxy) is 1. The minimum absolute atomic E-state index is 0.201. The van der Waals surface area contributed by atoms with E-state index in [0.717, 1.165) is 42.6 Å². The fraction of sp³-hybridized carbons (Fsp3) is 0.632. The van der Waals surface area contributed by atoms with E-state index in [-0.39, 0.29) is 11.9 Å². The van der Waals surface area contributed by atoms with E-state index in [1.807, 2.05) is 20.9 Å². The van der Waals surface area contributed by atoms with Crippen LogP contribution in [0, 0.1) is 13.8 Å². The lowest BCUT2D eigenvalue weighted by molar-refractivity contribution is -0.150. The lowest BCUT2D eigenvalue weighted by atomic mass is 10.1. The quantitative estimate of drug-likeness (QED) is 0.505. The van der Waals surface area contributed by atoms with E-state index in [4.69, 9.17) is 4.74 Å². The minimum Gasteiger partial charge on any atom is -0.449 e. The molecule has 0 bridgehead atoms. The summed E-state index contributed by atoms with van der Waals surface area (Å²) in [6.45, 7) is 5.44. The van der Waals surface area contributed by atoms with Crippen molar-refractivity contribution in [3.63, 3.8) is 0 Å². The first-order valence-corrected chi connectivity index (χ1v) is 9.07. The molecule has 0 unspecified atom stereocenters. The summed E-state index contributed by atoms with van der Waals surface area (Å²) >= 11 is 0. The average Bonchev–Trinajstić information content (AvgIpc) is 2.75. The summed E-state index contributed by atoms with van der Waals surface area (Å²) in [5, 5.41) is 7.31. The van der Waals surface area contributed by atoms with Gasteiger partial charge in [-0.2, -0.15) is 5.10 Å². The molecule has 1 saturated carbocycles. The second-order valence-corrected chi connectivity index (χ2v) is 6.82. The first kappa shape index (κ1) is 19.2. The summed E-state index contributed by atoms with van der Waals surface area (Å²) in [4.78, 5) is 24.2. The largest absolute Gasteiger partial charge is 0.449 e. The van der Waals surface area contributed by atoms with Gasteiger partial charge in [0, 0.05) is 30.4 Å². The Morgan fingerprint density at radius 3 is 2.44 bits per heavy atom. The fourth-order valence-corrected chi connectivity index (χ4v) is 3.19. The zero-order valence-corrected chi connectivity index (χ0v) is 15.7. The van der Waals surface area contributed by atoms with Crippen LogP contribution in [0.25, 0.3) is 6.08 Å². The summed E-state index contributed by atoms with van der Waals surface area (Å²) in [6, 6.07) is 0.201. The summed E-state index contributed by atoms with van der Waals surface area (Å²) in [6.07, 6.45) is 9.01. The summed E-state index contributed by atoms with van der Waals surface area (Å²) in [7, 11) is 1.86. The third kappa shape index (κ3) is 5.44. The van der Waals surface area contributed by atoms with Crippen LogP contribution in [0.15, 0.2) is 6.08 Å². The highest BCUT2D eigenvalue weighted by Crippen LogP contribution is 2.17. The highest BCUT2D eigenvalue weighted by molar-refractivity contribution is 5.90. The van der Waals surface area contributed by atoms with Crippen LogP contribution in [-0.2, 0) is 21.4 Å². The first-order chi connectivity index (χ1) is 11.9. The average molecular weight is 347 g/mol. The molecular formula is C19H29N3O3. The molecule has 0 saturated heterocycles. The number of amides is 1. The van der Waals surface area contributed by atoms with Crippen LogP contribution in [0.5, 0.6) is 0 Å². The van der Waals surface area contributed by atoms with Gasteiger partial charge in [-0.3, -0.25) is 9.48 Å². The Bertz CT molecular complexity index is 641. The lowest BCUT2D eigenvalue weighted by Crippen LogP contribution is -2.41. The van der Waals surface area contributed by atoms with Gasteiger partial charge in [0.15, 0.2) is 6.10 Å². The predicted molar refractivity (Wildman–Crippen MR) is 96.9 cm³/mol. The Morgan fingerprint density at radius 2 is 1.88 bits per heavy atom. The van der Waals surface area contributed by atoms with E-state index in [1.54, 1.807) is 17.7 Å². The van der Waals surface area contributed by atoms with E-state index >= 15 is 0 Å². The van der Waals surface area contributed by atoms with E-state index in [1.165, 1.54) is 18.9 Å². The normalized spacial score (nSPS) is 17.3. The zero-order valence-electron chi connectivity index (χ0n) is 15.7. The number of rotatable bonds is 5. The lowest BCUT2D eigenvalue weighted by Gasteiger charge is -2.19. The molecule has 0 radical (unpaired) electrons. The van der Waals surface area contributed by atoms with E-state index < -0.39 is 12.1 Å². The minimum atomic E-state index is -0.795. The molecular weight excluding hydrogens is 318 g/mol. The predicted octanol–water partition coefficient (Wildman–Crippen LogP) is 2.82. The number of aryl methyl sites for hydroxylation is 2. The number of nitrogens with one attached hydrogen (secondary N) is 1. The Labute approximate surface area is 149 Å². The van der Waals surface area contributed by atoms with E-state index in [2.05, 4.69) is 10.4 Å². The van der Waals surface area contributed by atoms with Crippen molar-refractivity contribution in [2.45, 2.75) is 71.4 Å². The molecule has 1 atom stereocenters. The van der Waals surface area contributed by atoms with Gasteiger partial charge in [-0.15, -0.1) is 0 Å². The van der Waals surface area contributed by atoms with Crippen LogP contribution in [0.4, 0.5) is 0 Å². The van der Waals surface area contributed by atoms with E-state index in [9.17, 15) is 9.59 Å². The summed E-state index contributed by atoms with van der Waals surface area (Å²) < 4.78 is 7.00. The SMILES string of the molecule is Cc1nn(C)c(C)c1/C=C/C(=O)O[C@@H](C)C(=O)NC1CCCCCC1. The Balaban J connectivity index is 1.86. The molecule has 25 heavy (non-hydrogen) atoms. The van der Waals surface area contributed by atoms with Crippen molar-refractivity contribution in [3.05, 3.63) is 23.0 Å². The first-order valence-electron chi connectivity index (χ1n) is 9.07. The van der Waals surface area contributed by atoms with Crippen LogP contribution in [0.2, 0.25) is 0 Å². The maximum absolute atomic E-state index is 12.2. The van der Waals surface area contributed by atoms with Crippen LogP contribution in [0.3, 0.4) is 0 Å². The summed E-state index contributed by atoms with van der Waals surface area (Å²) in [5.74, 6) is -0.742. The third-order valence-corrected chi connectivity index (χ3v) is 4.81. The van der Waals surface area contributed by atoms with Crippen molar-refractivity contribution < 1.29 is 14.3 Å². The molecule has 2 rings (SSSR count). The van der Waals surface area contributed by atoms with Gasteiger partial charge in [-0.05, 0) is 39.7 Å². The van der Waals surface area contributed by atoms with Crippen LogP contribution < -0.4 is 5.32 Å². The van der Waals surface area contributed by atoms with Gasteiger partial charge in [-0.25, -0.2) is 4.79 Å². The summed E-state index contributed by atoms with van der Waals surface area (Å²) in [5.41, 5.74) is 2.72. The second-order valence-electron chi connectivity index (χ2n) is 6.82. The van der Waals surface area contributed by atoms with Crippen molar-refractivity contribution >= 4 is 18.0 Å². The molecule has 1 N–H and O–H groups in total. The third-order valence-electron chi connectivity index (χ3n) is 4.81. The molecule has 1 fully saturated rings. The van der Waals surface area contributed by atoms with Crippen molar-refractivity contribution in [2.24, 2.45) is 7.05 Å². The van der Waals surface area contributed by atoms with Crippen molar-refractivity contribution in [2.75, 3.05) is 0 Å². The van der Waals surface area contributed by atoms with Gasteiger partial charge in [0.1, 0.15) is 0 Å². The maximum atomic E-state index is 12.2. The number of carbonyl (C=O) groups is 2. The molecule has 0 aromatic carbocycles. The molecule has 6 heteroatoms. The topological polar surface area (TPSA) is 73.2 Å². The van der Waals surface area contributed by atoms with Crippen molar-refractivity contribution in [3.8, 4) is 0 Å². The molecule has 1 amide bonds. The standard InChI is InChI=1S/C19H29N3O3/c1-13-17(14(2)22(4)21-13)11-12-18(23)25-15(3)19(24)20-16-9-7-5-6-8-10-16/h11-12,15-16H,5-10H2,1-4H3,(H,20,24)/b12-11+/t15-/m0/s1. The number of hydrogen-bond donors (Lipinski definition) is 1. The van der Waals surface area contributed by atoms with E-state index in [0.29, 0.717) is 0 Å². The molecule has 138 valence electrons. The molecule has 1 aromatic rings. The molecule has 1 aromatic heterocycles. The maximum Gasteiger partial charge on any atom is 0.331 e. The van der Waals surface area contributed by atoms with Gasteiger partial charge in [0.05, 0.1) is 5.69 Å². The van der Waals surface area contributed by atoms with Crippen molar-refractivity contribution in [1.29, 1.82) is 0 Å². The Kier molecular flexibility index (Phi) is 6.79. The van der Waals surface area contributed by atoms with Gasteiger partial charge in [-0.1, -0.05) is 25.7 Å². The monoisotopic (exact) mass is 347 g/mol. The fourth-order valence-electron chi connectivity index (χ4n) is 3.19. The van der Waals surface area contributed by atoms with Crippen LogP contribution in [0.1, 0.15) is 62.4 Å². The molecule has 0 spiro atoms. The zero-order chi connectivity index (χ0) is 18.4. The number of esters is 1. The van der Waals surface area contributed by atoms with Gasteiger partial charge in [0.2, 0.25) is 0 Å². The van der Waals surface area contributed by atoms with Gasteiger partial charge >= 0.3 is 5.97 Å². The number of carbonyl (C=O) groups excluding carboxylic acids is 2. The molecule has 1 aliphatic carbocycles. The number of aromatic nitrogens is 2. The number of nitrogens with zero attached hydrogens (tertiary/aromatic N) is 2.